The van der Waals surface area contributed by atoms with Crippen molar-refractivity contribution >= 4 is 0 Å². The maximum atomic E-state index is 9.33. The van der Waals surface area contributed by atoms with Crippen LogP contribution in [-0.2, 0) is 0 Å². The number of nitrogens with one attached hydrogen (secondary N) is 1. The molecule has 3 heteroatoms. The molecule has 0 bridgehead atoms. The van der Waals surface area contributed by atoms with Gasteiger partial charge in [0.05, 0.1) is 12.0 Å². The highest BCUT2D eigenvalue weighted by molar-refractivity contribution is 5.24. The fraction of sp³-hybridized carbons (Fsp3) is 0.562. The molecule has 0 amide bonds. The second-order valence-electron chi connectivity index (χ2n) is 5.49. The Kier molecular flexibility index (Phi) is 4.95. The highest BCUT2D eigenvalue weighted by Crippen LogP contribution is 2.21. The van der Waals surface area contributed by atoms with Gasteiger partial charge >= 0.3 is 0 Å². The summed E-state index contributed by atoms with van der Waals surface area (Å²) in [7, 11) is 0. The Bertz CT molecular complexity index is 413. The Labute approximate surface area is 116 Å². The normalized spacial score (nSPS) is 25.7. The molecule has 0 radical (unpaired) electrons. The van der Waals surface area contributed by atoms with Crippen LogP contribution in [0.1, 0.15) is 44.6 Å². The monoisotopic (exact) mass is 257 g/mol. The highest BCUT2D eigenvalue weighted by atomic mass is 15.5. The zero-order chi connectivity index (χ0) is 13.7. The molecule has 1 aliphatic heterocycles. The van der Waals surface area contributed by atoms with Gasteiger partial charge in [-0.2, -0.15) is 5.26 Å². The lowest BCUT2D eigenvalue weighted by Gasteiger charge is -2.39. The standard InChI is InChI=1S/C16H23N3/c1-13-7-6-8-14(2)19(13)18-12-16(11-17)15-9-4-3-5-10-15/h3-5,9-10,13-14,16,18H,6-8,12H2,1-2H3. The Hall–Kier alpha value is -1.37. The lowest BCUT2D eigenvalue weighted by Crippen LogP contribution is -2.52. The molecule has 1 N–H and O–H groups in total. The third kappa shape index (κ3) is 3.56. The molecule has 0 aliphatic carbocycles. The summed E-state index contributed by atoms with van der Waals surface area (Å²) in [5.74, 6) is -0.0810. The average molecular weight is 257 g/mol. The molecule has 1 aromatic carbocycles. The molecule has 1 aliphatic rings. The molecule has 102 valence electrons. The zero-order valence-electron chi connectivity index (χ0n) is 11.8. The summed E-state index contributed by atoms with van der Waals surface area (Å²) in [6.45, 7) is 5.20. The van der Waals surface area contributed by atoms with Gasteiger partial charge < -0.3 is 0 Å². The van der Waals surface area contributed by atoms with Crippen LogP contribution in [0, 0.1) is 11.3 Å². The van der Waals surface area contributed by atoms with Gasteiger partial charge in [-0.15, -0.1) is 0 Å². The highest BCUT2D eigenvalue weighted by Gasteiger charge is 2.25. The van der Waals surface area contributed by atoms with Gasteiger partial charge in [-0.1, -0.05) is 36.8 Å². The summed E-state index contributed by atoms with van der Waals surface area (Å²) in [6.07, 6.45) is 3.78. The van der Waals surface area contributed by atoms with Crippen molar-refractivity contribution in [2.75, 3.05) is 6.54 Å². The first-order valence-electron chi connectivity index (χ1n) is 7.18. The van der Waals surface area contributed by atoms with Crippen molar-refractivity contribution in [3.05, 3.63) is 35.9 Å². The number of benzene rings is 1. The summed E-state index contributed by atoms with van der Waals surface area (Å²) in [4.78, 5) is 0. The van der Waals surface area contributed by atoms with Crippen LogP contribution in [0.15, 0.2) is 30.3 Å². The smallest absolute Gasteiger partial charge is 0.0851 e. The molecule has 1 saturated heterocycles. The Balaban J connectivity index is 1.95. The second kappa shape index (κ2) is 6.70. The van der Waals surface area contributed by atoms with Gasteiger partial charge in [0.1, 0.15) is 0 Å². The van der Waals surface area contributed by atoms with Crippen LogP contribution in [-0.4, -0.2) is 23.6 Å². The van der Waals surface area contributed by atoms with Crippen molar-refractivity contribution in [2.24, 2.45) is 0 Å². The van der Waals surface area contributed by atoms with E-state index in [4.69, 9.17) is 0 Å². The van der Waals surface area contributed by atoms with E-state index in [1.54, 1.807) is 0 Å². The van der Waals surface area contributed by atoms with E-state index in [-0.39, 0.29) is 5.92 Å². The van der Waals surface area contributed by atoms with Gasteiger partial charge in [-0.3, -0.25) is 5.43 Å². The molecule has 0 aromatic heterocycles. The molecule has 1 aromatic rings. The lowest BCUT2D eigenvalue weighted by atomic mass is 9.99. The van der Waals surface area contributed by atoms with E-state index >= 15 is 0 Å². The molecule has 3 unspecified atom stereocenters. The minimum Gasteiger partial charge on any atom is -0.253 e. The number of hydrogen-bond donors (Lipinski definition) is 1. The topological polar surface area (TPSA) is 39.1 Å². The molecule has 3 nitrogen and oxygen atoms in total. The molecule has 1 heterocycles. The molecule has 0 spiro atoms. The summed E-state index contributed by atoms with van der Waals surface area (Å²) < 4.78 is 0. The Morgan fingerprint density at radius 3 is 2.47 bits per heavy atom. The van der Waals surface area contributed by atoms with Crippen molar-refractivity contribution in [3.63, 3.8) is 0 Å². The van der Waals surface area contributed by atoms with Crippen LogP contribution in [0.3, 0.4) is 0 Å². The van der Waals surface area contributed by atoms with Gasteiger partial charge in [0.25, 0.3) is 0 Å². The second-order valence-corrected chi connectivity index (χ2v) is 5.49. The number of nitrogens with zero attached hydrogens (tertiary/aromatic N) is 2. The minimum atomic E-state index is -0.0810. The van der Waals surface area contributed by atoms with E-state index in [1.807, 2.05) is 30.3 Å². The third-order valence-electron chi connectivity index (χ3n) is 4.03. The van der Waals surface area contributed by atoms with E-state index in [0.29, 0.717) is 18.6 Å². The van der Waals surface area contributed by atoms with Crippen LogP contribution in [0.2, 0.25) is 0 Å². The number of hydrazine groups is 1. The minimum absolute atomic E-state index is 0.0810. The van der Waals surface area contributed by atoms with Gasteiger partial charge in [0.2, 0.25) is 0 Å². The molecule has 1 fully saturated rings. The first-order valence-corrected chi connectivity index (χ1v) is 7.18. The van der Waals surface area contributed by atoms with Crippen molar-refractivity contribution in [1.82, 2.24) is 10.4 Å². The summed E-state index contributed by atoms with van der Waals surface area (Å²) >= 11 is 0. The molecule has 2 rings (SSSR count). The first kappa shape index (κ1) is 14.0. The van der Waals surface area contributed by atoms with Gasteiger partial charge in [0.15, 0.2) is 0 Å². The molecular weight excluding hydrogens is 234 g/mol. The first-order chi connectivity index (χ1) is 9.22. The number of nitriles is 1. The van der Waals surface area contributed by atoms with E-state index < -0.39 is 0 Å². The molecule has 19 heavy (non-hydrogen) atoms. The zero-order valence-corrected chi connectivity index (χ0v) is 11.8. The summed E-state index contributed by atoms with van der Waals surface area (Å²) in [6, 6.07) is 13.5. The predicted octanol–water partition coefficient (Wildman–Crippen LogP) is 3.06. The fourth-order valence-corrected chi connectivity index (χ4v) is 2.85. The van der Waals surface area contributed by atoms with Crippen molar-refractivity contribution in [2.45, 2.75) is 51.1 Å². The summed E-state index contributed by atoms with van der Waals surface area (Å²) in [5, 5.41) is 11.7. The number of hydrogen-bond acceptors (Lipinski definition) is 3. The van der Waals surface area contributed by atoms with Crippen molar-refractivity contribution in [3.8, 4) is 6.07 Å². The van der Waals surface area contributed by atoms with Crippen LogP contribution in [0.4, 0.5) is 0 Å². The van der Waals surface area contributed by atoms with Crippen LogP contribution in [0.5, 0.6) is 0 Å². The van der Waals surface area contributed by atoms with Crippen molar-refractivity contribution in [1.29, 1.82) is 5.26 Å². The van der Waals surface area contributed by atoms with E-state index in [2.05, 4.69) is 30.4 Å². The van der Waals surface area contributed by atoms with E-state index in [1.165, 1.54) is 19.3 Å². The maximum Gasteiger partial charge on any atom is 0.0851 e. The van der Waals surface area contributed by atoms with E-state index in [0.717, 1.165) is 5.56 Å². The fourth-order valence-electron chi connectivity index (χ4n) is 2.85. The predicted molar refractivity (Wildman–Crippen MR) is 77.4 cm³/mol. The lowest BCUT2D eigenvalue weighted by molar-refractivity contribution is 0.0458. The van der Waals surface area contributed by atoms with Crippen molar-refractivity contribution < 1.29 is 0 Å². The molecular formula is C16H23N3. The van der Waals surface area contributed by atoms with Gasteiger partial charge in [-0.25, -0.2) is 5.01 Å². The largest absolute Gasteiger partial charge is 0.253 e. The average Bonchev–Trinajstić information content (AvgIpc) is 2.43. The van der Waals surface area contributed by atoms with Gasteiger partial charge in [-0.05, 0) is 32.3 Å². The van der Waals surface area contributed by atoms with Crippen LogP contribution in [0.25, 0.3) is 0 Å². The molecule has 0 saturated carbocycles. The molecule has 3 atom stereocenters. The van der Waals surface area contributed by atoms with Gasteiger partial charge in [0, 0.05) is 18.6 Å². The maximum absolute atomic E-state index is 9.33. The number of rotatable bonds is 4. The van der Waals surface area contributed by atoms with E-state index in [9.17, 15) is 5.26 Å². The van der Waals surface area contributed by atoms with Crippen LogP contribution >= 0.6 is 0 Å². The Morgan fingerprint density at radius 2 is 1.89 bits per heavy atom. The quantitative estimate of drug-likeness (QED) is 0.901. The third-order valence-corrected chi connectivity index (χ3v) is 4.03. The number of piperidine rings is 1. The van der Waals surface area contributed by atoms with Crippen LogP contribution < -0.4 is 5.43 Å². The summed E-state index contributed by atoms with van der Waals surface area (Å²) in [5.41, 5.74) is 4.57. The Morgan fingerprint density at radius 1 is 1.26 bits per heavy atom. The SMILES string of the molecule is CC1CCCC(C)N1NCC(C#N)c1ccccc1.